The Bertz CT molecular complexity index is 1060. The predicted molar refractivity (Wildman–Crippen MR) is 129 cm³/mol. The van der Waals surface area contributed by atoms with Crippen molar-refractivity contribution in [1.82, 2.24) is 25.0 Å². The van der Waals surface area contributed by atoms with Crippen LogP contribution >= 0.6 is 0 Å². The zero-order valence-electron chi connectivity index (χ0n) is 20.6. The van der Waals surface area contributed by atoms with Gasteiger partial charge in [0.1, 0.15) is 12.0 Å². The van der Waals surface area contributed by atoms with Gasteiger partial charge in [-0.15, -0.1) is 0 Å². The van der Waals surface area contributed by atoms with Crippen LogP contribution in [-0.4, -0.2) is 46.9 Å². The van der Waals surface area contributed by atoms with Crippen molar-refractivity contribution in [3.05, 3.63) is 40.2 Å². The number of nitrogens with one attached hydrogen (secondary N) is 2. The summed E-state index contributed by atoms with van der Waals surface area (Å²) in [7, 11) is 1.31. The van der Waals surface area contributed by atoms with Gasteiger partial charge in [-0.3, -0.25) is 10.1 Å². The largest absolute Gasteiger partial charge is 0.453 e. The molecule has 10 heteroatoms. The minimum absolute atomic E-state index is 0.199. The van der Waals surface area contributed by atoms with Crippen molar-refractivity contribution in [1.29, 1.82) is 0 Å². The van der Waals surface area contributed by atoms with E-state index in [9.17, 15) is 9.59 Å². The highest BCUT2D eigenvalue weighted by atomic mass is 19.1. The number of ether oxygens (including phenoxy) is 2. The van der Waals surface area contributed by atoms with Gasteiger partial charge in [-0.2, -0.15) is 5.10 Å². The number of carbonyl (C=O) groups excluding carboxylic acids is 1. The molecule has 1 aliphatic carbocycles. The molecule has 2 N–H and O–H groups in total. The summed E-state index contributed by atoms with van der Waals surface area (Å²) in [5.41, 5.74) is 1.26. The van der Waals surface area contributed by atoms with E-state index in [-0.39, 0.29) is 23.5 Å². The van der Waals surface area contributed by atoms with Gasteiger partial charge in [-0.1, -0.05) is 12.8 Å². The van der Waals surface area contributed by atoms with Crippen LogP contribution in [0.1, 0.15) is 63.7 Å². The van der Waals surface area contributed by atoms with Crippen LogP contribution in [0.2, 0.25) is 0 Å². The molecule has 3 heterocycles. The van der Waals surface area contributed by atoms with Crippen LogP contribution in [0.25, 0.3) is 11.3 Å². The van der Waals surface area contributed by atoms with E-state index in [1.54, 1.807) is 11.6 Å². The summed E-state index contributed by atoms with van der Waals surface area (Å²) in [6.45, 7) is 3.54. The summed E-state index contributed by atoms with van der Waals surface area (Å²) in [5.74, 6) is -0.0184. The van der Waals surface area contributed by atoms with Crippen molar-refractivity contribution >= 4 is 6.09 Å². The van der Waals surface area contributed by atoms with Gasteiger partial charge in [0.15, 0.2) is 0 Å². The van der Waals surface area contributed by atoms with Crippen molar-refractivity contribution in [2.75, 3.05) is 20.3 Å². The molecule has 1 amide bonds. The smallest absolute Gasteiger partial charge is 0.408 e. The molecule has 9 nitrogen and oxygen atoms in total. The first-order valence-corrected chi connectivity index (χ1v) is 12.6. The van der Waals surface area contributed by atoms with E-state index in [1.807, 2.05) is 6.20 Å². The number of nitrogens with zero attached hydrogens (tertiary/aromatic N) is 3. The van der Waals surface area contributed by atoms with Crippen LogP contribution in [0.4, 0.5) is 9.18 Å². The summed E-state index contributed by atoms with van der Waals surface area (Å²) in [5, 5.41) is 10.5. The van der Waals surface area contributed by atoms with E-state index >= 15 is 4.39 Å². The van der Waals surface area contributed by atoms with Gasteiger partial charge in [-0.05, 0) is 56.9 Å². The number of carbonyl (C=O) groups is 1. The standard InChI is InChI=1S/C25H36FN5O4/c1-17(28-25(33)34-2)27-11-10-19-15-31(23-9-5-6-12-35-23)29-24(19)20-13-22(32)30(16-21(20)26)14-18-7-3-4-8-18/h13,15-18,23,27H,3-12,14H2,1-2H3,(H,28,33). The Labute approximate surface area is 205 Å². The Morgan fingerprint density at radius 2 is 2.03 bits per heavy atom. The number of hydrogen-bond donors (Lipinski definition) is 2. The van der Waals surface area contributed by atoms with Crippen LogP contribution in [0.15, 0.2) is 23.3 Å². The van der Waals surface area contributed by atoms with E-state index in [0.29, 0.717) is 37.7 Å². The minimum atomic E-state index is -0.520. The maximum atomic E-state index is 15.3. The fourth-order valence-electron chi connectivity index (χ4n) is 4.97. The fourth-order valence-corrected chi connectivity index (χ4v) is 4.97. The molecule has 2 unspecified atom stereocenters. The SMILES string of the molecule is COC(=O)NC(C)NCCc1cn(C2CCCCO2)nc1-c1cc(=O)n(CC2CCCC2)cc1F. The average molecular weight is 490 g/mol. The van der Waals surface area contributed by atoms with Crippen LogP contribution in [0.3, 0.4) is 0 Å². The maximum Gasteiger partial charge on any atom is 0.408 e. The number of pyridine rings is 1. The lowest BCUT2D eigenvalue weighted by Gasteiger charge is -2.22. The highest BCUT2D eigenvalue weighted by Crippen LogP contribution is 2.30. The molecule has 2 fully saturated rings. The van der Waals surface area contributed by atoms with Gasteiger partial charge in [0.2, 0.25) is 0 Å². The van der Waals surface area contributed by atoms with Crippen LogP contribution in [0.5, 0.6) is 0 Å². The van der Waals surface area contributed by atoms with Gasteiger partial charge < -0.3 is 19.4 Å². The number of halogens is 1. The van der Waals surface area contributed by atoms with E-state index in [1.165, 1.54) is 36.8 Å². The minimum Gasteiger partial charge on any atom is -0.453 e. The number of aromatic nitrogens is 3. The van der Waals surface area contributed by atoms with Gasteiger partial charge in [0.05, 0.1) is 19.0 Å². The number of amides is 1. The molecular formula is C25H36FN5O4. The fraction of sp³-hybridized carbons (Fsp3) is 0.640. The molecule has 2 aromatic heterocycles. The third-order valence-electron chi connectivity index (χ3n) is 6.89. The molecule has 1 saturated carbocycles. The van der Waals surface area contributed by atoms with Crippen LogP contribution in [-0.2, 0) is 22.4 Å². The summed E-state index contributed by atoms with van der Waals surface area (Å²) < 4.78 is 29.1. The molecule has 1 saturated heterocycles. The monoisotopic (exact) mass is 489 g/mol. The van der Waals surface area contributed by atoms with Crippen molar-refractivity contribution in [3.63, 3.8) is 0 Å². The van der Waals surface area contributed by atoms with E-state index in [4.69, 9.17) is 4.74 Å². The van der Waals surface area contributed by atoms with Crippen LogP contribution in [0, 0.1) is 11.7 Å². The van der Waals surface area contributed by atoms with Crippen molar-refractivity contribution in [2.24, 2.45) is 5.92 Å². The lowest BCUT2D eigenvalue weighted by molar-refractivity contribution is -0.0394. The highest BCUT2D eigenvalue weighted by molar-refractivity contribution is 5.67. The Morgan fingerprint density at radius 3 is 2.74 bits per heavy atom. The van der Waals surface area contributed by atoms with Crippen LogP contribution < -0.4 is 16.2 Å². The first-order chi connectivity index (χ1) is 16.9. The summed E-state index contributed by atoms with van der Waals surface area (Å²) in [6, 6.07) is 1.37. The van der Waals surface area contributed by atoms with Gasteiger partial charge >= 0.3 is 6.09 Å². The third kappa shape index (κ3) is 6.49. The number of hydrogen-bond acceptors (Lipinski definition) is 6. The molecule has 1 aliphatic heterocycles. The first-order valence-electron chi connectivity index (χ1n) is 12.6. The first kappa shape index (κ1) is 25.4. The van der Waals surface area contributed by atoms with Gasteiger partial charge in [-0.25, -0.2) is 13.9 Å². The van der Waals surface area contributed by atoms with Gasteiger partial charge in [0, 0.05) is 43.7 Å². The normalized spacial score (nSPS) is 19.6. The Balaban J connectivity index is 1.56. The summed E-state index contributed by atoms with van der Waals surface area (Å²) >= 11 is 0. The molecule has 2 aromatic rings. The second kappa shape index (κ2) is 11.8. The lowest BCUT2D eigenvalue weighted by atomic mass is 10.1. The van der Waals surface area contributed by atoms with Gasteiger partial charge in [0.25, 0.3) is 5.56 Å². The lowest BCUT2D eigenvalue weighted by Crippen LogP contribution is -2.43. The highest BCUT2D eigenvalue weighted by Gasteiger charge is 2.23. The summed E-state index contributed by atoms with van der Waals surface area (Å²) in [4.78, 5) is 24.3. The molecule has 0 spiro atoms. The second-order valence-electron chi connectivity index (χ2n) is 9.54. The van der Waals surface area contributed by atoms with Crippen molar-refractivity contribution in [2.45, 2.75) is 77.2 Å². The Morgan fingerprint density at radius 1 is 1.26 bits per heavy atom. The molecule has 192 valence electrons. The number of methoxy groups -OCH3 is 1. The predicted octanol–water partition coefficient (Wildman–Crippen LogP) is 3.57. The summed E-state index contributed by atoms with van der Waals surface area (Å²) in [6.07, 6.45) is 10.1. The molecule has 2 atom stereocenters. The maximum absolute atomic E-state index is 15.3. The van der Waals surface area contributed by atoms with Crippen molar-refractivity contribution < 1.29 is 18.7 Å². The molecule has 2 aliphatic rings. The topological polar surface area (TPSA) is 99.4 Å². The van der Waals surface area contributed by atoms with E-state index < -0.39 is 11.9 Å². The Kier molecular flexibility index (Phi) is 8.56. The number of alkyl carbamates (subject to hydrolysis) is 1. The van der Waals surface area contributed by atoms with Crippen molar-refractivity contribution in [3.8, 4) is 11.3 Å². The Hall–Kier alpha value is -2.72. The molecular weight excluding hydrogens is 453 g/mol. The molecule has 4 rings (SSSR count). The molecule has 0 bridgehead atoms. The molecule has 0 aromatic carbocycles. The number of rotatable bonds is 9. The third-order valence-corrected chi connectivity index (χ3v) is 6.89. The average Bonchev–Trinajstić information content (AvgIpc) is 3.52. The molecule has 35 heavy (non-hydrogen) atoms. The molecule has 0 radical (unpaired) electrons. The second-order valence-corrected chi connectivity index (χ2v) is 9.54. The van der Waals surface area contributed by atoms with E-state index in [2.05, 4.69) is 20.5 Å². The quantitative estimate of drug-likeness (QED) is 0.523. The van der Waals surface area contributed by atoms with E-state index in [0.717, 1.165) is 37.7 Å². The zero-order valence-corrected chi connectivity index (χ0v) is 20.6. The zero-order chi connectivity index (χ0) is 24.8.